The third-order valence-corrected chi connectivity index (χ3v) is 9.15. The Hall–Kier alpha value is -3.54. The second-order valence-corrected chi connectivity index (χ2v) is 11.7. The zero-order valence-electron chi connectivity index (χ0n) is 19.6. The molecule has 0 saturated carbocycles. The number of thiophene rings is 1. The Morgan fingerprint density at radius 3 is 2.34 bits per heavy atom. The highest BCUT2D eigenvalue weighted by atomic mass is 32.2. The largest absolute Gasteiger partial charge is 0.416 e. The lowest BCUT2D eigenvalue weighted by Gasteiger charge is -2.13. The second-order valence-electron chi connectivity index (χ2n) is 8.86. The van der Waals surface area contributed by atoms with Crippen LogP contribution < -0.4 is 10.0 Å². The van der Waals surface area contributed by atoms with Crippen LogP contribution in [0.5, 0.6) is 0 Å². The van der Waals surface area contributed by atoms with E-state index in [2.05, 4.69) is 10.0 Å². The molecule has 0 aliphatic heterocycles. The van der Waals surface area contributed by atoms with Gasteiger partial charge in [0.05, 0.1) is 11.1 Å². The summed E-state index contributed by atoms with van der Waals surface area (Å²) < 4.78 is 81.0. The number of benzene rings is 3. The molecule has 0 saturated heterocycles. The van der Waals surface area contributed by atoms with Crippen molar-refractivity contribution in [3.05, 3.63) is 106 Å². The van der Waals surface area contributed by atoms with Crippen LogP contribution in [0.1, 0.15) is 27.0 Å². The highest BCUT2D eigenvalue weighted by Gasteiger charge is 2.30. The van der Waals surface area contributed by atoms with Gasteiger partial charge < -0.3 is 5.32 Å². The number of carbonyl (C=O) groups excluding carboxylic acids is 1. The van der Waals surface area contributed by atoms with E-state index in [9.17, 15) is 30.8 Å². The van der Waals surface area contributed by atoms with E-state index in [-0.39, 0.29) is 21.4 Å². The summed E-state index contributed by atoms with van der Waals surface area (Å²) in [7, 11) is -3.63. The molecule has 3 aromatic carbocycles. The molecule has 1 aromatic heterocycles. The number of hydrogen-bond acceptors (Lipinski definition) is 4. The number of rotatable bonds is 6. The van der Waals surface area contributed by atoms with Gasteiger partial charge in [-0.2, -0.15) is 13.2 Å². The predicted octanol–water partition coefficient (Wildman–Crippen LogP) is 6.27. The van der Waals surface area contributed by atoms with Crippen LogP contribution in [0.2, 0.25) is 0 Å². The summed E-state index contributed by atoms with van der Waals surface area (Å²) in [5, 5.41) is 4.41. The zero-order chi connectivity index (χ0) is 27.1. The molecule has 1 aliphatic carbocycles. The van der Waals surface area contributed by atoms with Crippen LogP contribution in [-0.2, 0) is 29.0 Å². The Morgan fingerprint density at radius 1 is 0.921 bits per heavy atom. The van der Waals surface area contributed by atoms with Gasteiger partial charge in [0.1, 0.15) is 10.0 Å². The summed E-state index contributed by atoms with van der Waals surface area (Å²) in [5.41, 5.74) is 1.98. The minimum absolute atomic E-state index is 0.0353. The van der Waals surface area contributed by atoms with Crippen molar-refractivity contribution in [1.29, 1.82) is 0 Å². The maximum atomic E-state index is 14.1. The second kappa shape index (κ2) is 9.97. The summed E-state index contributed by atoms with van der Waals surface area (Å²) >= 11 is 1.13. The van der Waals surface area contributed by atoms with Crippen LogP contribution in [0.3, 0.4) is 0 Å². The first-order chi connectivity index (χ1) is 18.0. The molecule has 38 heavy (non-hydrogen) atoms. The standard InChI is InChI=1S/C27H20F4N2O3S2/c28-20-8-10-23(16-3-6-19(7-4-16)27(29,30)31)24(15-20)26(34)32-21-9-5-17-12-22(14-18(17)13-21)33-38(35,36)25-2-1-11-37-25/h1-11,13,15,22,33H,12,14H2,(H,32,34). The Morgan fingerprint density at radius 2 is 1.66 bits per heavy atom. The first-order valence-electron chi connectivity index (χ1n) is 11.5. The van der Waals surface area contributed by atoms with Gasteiger partial charge in [0.2, 0.25) is 10.0 Å². The number of anilines is 1. The molecule has 1 aliphatic rings. The number of hydrogen-bond donors (Lipinski definition) is 2. The van der Waals surface area contributed by atoms with E-state index in [0.717, 1.165) is 46.7 Å². The lowest BCUT2D eigenvalue weighted by Crippen LogP contribution is -2.34. The van der Waals surface area contributed by atoms with Gasteiger partial charge in [-0.25, -0.2) is 17.5 Å². The SMILES string of the molecule is O=C(Nc1ccc2c(c1)CC(NS(=O)(=O)c1cccs1)C2)c1cc(F)ccc1-c1ccc(C(F)(F)F)cc1. The fourth-order valence-electron chi connectivity index (χ4n) is 4.47. The number of alkyl halides is 3. The average Bonchev–Trinajstić information content (AvgIpc) is 3.53. The smallest absolute Gasteiger partial charge is 0.322 e. The molecular weight excluding hydrogens is 540 g/mol. The molecule has 1 atom stereocenters. The van der Waals surface area contributed by atoms with Gasteiger partial charge in [0.25, 0.3) is 5.91 Å². The van der Waals surface area contributed by atoms with E-state index < -0.39 is 33.5 Å². The van der Waals surface area contributed by atoms with Crippen molar-refractivity contribution >= 4 is 33.0 Å². The van der Waals surface area contributed by atoms with E-state index in [4.69, 9.17) is 0 Å². The van der Waals surface area contributed by atoms with Crippen molar-refractivity contribution in [1.82, 2.24) is 4.72 Å². The van der Waals surface area contributed by atoms with Crippen LogP contribution in [-0.4, -0.2) is 20.4 Å². The quantitative estimate of drug-likeness (QED) is 0.273. The van der Waals surface area contributed by atoms with Crippen molar-refractivity contribution in [3.8, 4) is 11.1 Å². The molecule has 196 valence electrons. The Kier molecular flexibility index (Phi) is 6.84. The van der Waals surface area contributed by atoms with E-state index >= 15 is 0 Å². The van der Waals surface area contributed by atoms with E-state index in [1.54, 1.807) is 29.6 Å². The van der Waals surface area contributed by atoms with Crippen LogP contribution in [0, 0.1) is 5.82 Å². The summed E-state index contributed by atoms with van der Waals surface area (Å²) in [4.78, 5) is 13.1. The number of carbonyl (C=O) groups is 1. The van der Waals surface area contributed by atoms with Gasteiger partial charge in [-0.05, 0) is 82.9 Å². The Balaban J connectivity index is 1.34. The minimum Gasteiger partial charge on any atom is -0.322 e. The fourth-order valence-corrected chi connectivity index (χ4v) is 6.71. The maximum absolute atomic E-state index is 14.1. The molecule has 0 spiro atoms. The fraction of sp³-hybridized carbons (Fsp3) is 0.148. The van der Waals surface area contributed by atoms with Gasteiger partial charge in [-0.3, -0.25) is 4.79 Å². The van der Waals surface area contributed by atoms with E-state index in [0.29, 0.717) is 24.1 Å². The first-order valence-corrected chi connectivity index (χ1v) is 13.8. The Bertz CT molecular complexity index is 1600. The number of amides is 1. The monoisotopic (exact) mass is 560 g/mol. The van der Waals surface area contributed by atoms with Gasteiger partial charge in [0.15, 0.2) is 0 Å². The van der Waals surface area contributed by atoms with Crippen molar-refractivity contribution in [2.45, 2.75) is 29.3 Å². The van der Waals surface area contributed by atoms with E-state index in [1.165, 1.54) is 24.3 Å². The van der Waals surface area contributed by atoms with Gasteiger partial charge in [-0.1, -0.05) is 30.3 Å². The lowest BCUT2D eigenvalue weighted by molar-refractivity contribution is -0.137. The van der Waals surface area contributed by atoms with Gasteiger partial charge in [0, 0.05) is 11.7 Å². The van der Waals surface area contributed by atoms with Crippen LogP contribution in [0.15, 0.2) is 82.4 Å². The van der Waals surface area contributed by atoms with Gasteiger partial charge in [-0.15, -0.1) is 11.3 Å². The molecule has 2 N–H and O–H groups in total. The normalized spacial score (nSPS) is 15.3. The molecule has 1 heterocycles. The molecule has 1 unspecified atom stereocenters. The molecule has 0 bridgehead atoms. The molecule has 4 aromatic rings. The highest BCUT2D eigenvalue weighted by Crippen LogP contribution is 2.33. The third kappa shape index (κ3) is 5.50. The molecule has 5 rings (SSSR count). The van der Waals surface area contributed by atoms with Gasteiger partial charge >= 0.3 is 6.18 Å². The van der Waals surface area contributed by atoms with Crippen molar-refractivity contribution in [3.63, 3.8) is 0 Å². The number of nitrogens with one attached hydrogen (secondary N) is 2. The summed E-state index contributed by atoms with van der Waals surface area (Å²) in [6, 6.07) is 15.9. The number of sulfonamides is 1. The molecule has 11 heteroatoms. The molecule has 0 radical (unpaired) electrons. The molecular formula is C27H20F4N2O3S2. The molecule has 0 fully saturated rings. The maximum Gasteiger partial charge on any atom is 0.416 e. The Labute approximate surface area is 220 Å². The van der Waals surface area contributed by atoms with E-state index in [1.807, 2.05) is 0 Å². The van der Waals surface area contributed by atoms with Crippen molar-refractivity contribution < 1.29 is 30.8 Å². The predicted molar refractivity (Wildman–Crippen MR) is 137 cm³/mol. The zero-order valence-corrected chi connectivity index (χ0v) is 21.2. The van der Waals surface area contributed by atoms with Crippen molar-refractivity contribution in [2.24, 2.45) is 0 Å². The average molecular weight is 561 g/mol. The highest BCUT2D eigenvalue weighted by molar-refractivity contribution is 7.91. The summed E-state index contributed by atoms with van der Waals surface area (Å²) in [6.07, 6.45) is -3.58. The number of halogens is 4. The first kappa shape index (κ1) is 26.1. The third-order valence-electron chi connectivity index (χ3n) is 6.23. The summed E-state index contributed by atoms with van der Waals surface area (Å²) in [6.45, 7) is 0. The topological polar surface area (TPSA) is 75.3 Å². The minimum atomic E-state index is -4.50. The number of fused-ring (bicyclic) bond motifs is 1. The lowest BCUT2D eigenvalue weighted by atomic mass is 9.97. The van der Waals surface area contributed by atoms with Crippen LogP contribution >= 0.6 is 11.3 Å². The molecule has 5 nitrogen and oxygen atoms in total. The summed E-state index contributed by atoms with van der Waals surface area (Å²) in [5.74, 6) is -1.30. The van der Waals surface area contributed by atoms with Crippen molar-refractivity contribution in [2.75, 3.05) is 5.32 Å². The molecule has 1 amide bonds. The van der Waals surface area contributed by atoms with Crippen LogP contribution in [0.25, 0.3) is 11.1 Å². The van der Waals surface area contributed by atoms with Crippen LogP contribution in [0.4, 0.5) is 23.2 Å².